The van der Waals surface area contributed by atoms with Crippen LogP contribution in [0.5, 0.6) is 0 Å². The van der Waals surface area contributed by atoms with E-state index in [1.807, 2.05) is 13.0 Å². The normalized spacial score (nSPS) is 15.9. The molecule has 1 rings (SSSR count). The second kappa shape index (κ2) is 5.81. The Morgan fingerprint density at radius 2 is 2.24 bits per heavy atom. The molecular formula is C14H19NO2. The molecule has 0 fully saturated rings. The van der Waals surface area contributed by atoms with Crippen LogP contribution >= 0.6 is 0 Å². The molecule has 0 saturated heterocycles. The predicted octanol–water partition coefficient (Wildman–Crippen LogP) is 2.44. The molecule has 2 unspecified atom stereocenters. The minimum atomic E-state index is -0.939. The standard InChI is InChI=1S/C14H19NO2/c1-11(7-8-17-3)14(2,16)13-6-4-5-12(9-13)10-15/h4-6,9,11,16H,7-8H2,1-3H3. The van der Waals surface area contributed by atoms with Crippen molar-refractivity contribution in [3.63, 3.8) is 0 Å². The van der Waals surface area contributed by atoms with Crippen molar-refractivity contribution in [2.45, 2.75) is 25.9 Å². The number of hydrogen-bond acceptors (Lipinski definition) is 3. The van der Waals surface area contributed by atoms with E-state index in [-0.39, 0.29) is 5.92 Å². The number of nitrogens with zero attached hydrogens (tertiary/aromatic N) is 1. The summed E-state index contributed by atoms with van der Waals surface area (Å²) in [4.78, 5) is 0. The summed E-state index contributed by atoms with van der Waals surface area (Å²) < 4.78 is 5.02. The molecule has 3 nitrogen and oxygen atoms in total. The van der Waals surface area contributed by atoms with E-state index in [4.69, 9.17) is 10.00 Å². The minimum Gasteiger partial charge on any atom is -0.385 e. The number of benzene rings is 1. The lowest BCUT2D eigenvalue weighted by molar-refractivity contribution is -0.0107. The Balaban J connectivity index is 2.91. The first-order valence-corrected chi connectivity index (χ1v) is 5.74. The Morgan fingerprint density at radius 3 is 2.82 bits per heavy atom. The first kappa shape index (κ1) is 13.7. The first-order valence-electron chi connectivity index (χ1n) is 5.74. The zero-order valence-corrected chi connectivity index (χ0v) is 10.6. The van der Waals surface area contributed by atoms with Crippen LogP contribution in [0.3, 0.4) is 0 Å². The molecule has 17 heavy (non-hydrogen) atoms. The molecule has 0 amide bonds. The zero-order chi connectivity index (χ0) is 12.9. The zero-order valence-electron chi connectivity index (χ0n) is 10.6. The van der Waals surface area contributed by atoms with E-state index in [1.54, 1.807) is 32.2 Å². The summed E-state index contributed by atoms with van der Waals surface area (Å²) >= 11 is 0. The third kappa shape index (κ3) is 3.29. The van der Waals surface area contributed by atoms with E-state index >= 15 is 0 Å². The van der Waals surface area contributed by atoms with Gasteiger partial charge < -0.3 is 9.84 Å². The van der Waals surface area contributed by atoms with E-state index in [2.05, 4.69) is 6.07 Å². The van der Waals surface area contributed by atoms with Gasteiger partial charge in [-0.2, -0.15) is 5.26 Å². The highest BCUT2D eigenvalue weighted by Crippen LogP contribution is 2.31. The smallest absolute Gasteiger partial charge is 0.0991 e. The van der Waals surface area contributed by atoms with Crippen LogP contribution in [0.15, 0.2) is 24.3 Å². The van der Waals surface area contributed by atoms with Gasteiger partial charge in [0.05, 0.1) is 17.2 Å². The van der Waals surface area contributed by atoms with Crippen molar-refractivity contribution in [3.05, 3.63) is 35.4 Å². The van der Waals surface area contributed by atoms with Crippen molar-refractivity contribution < 1.29 is 9.84 Å². The van der Waals surface area contributed by atoms with Crippen LogP contribution in [0, 0.1) is 17.2 Å². The summed E-state index contributed by atoms with van der Waals surface area (Å²) in [6.07, 6.45) is 0.778. The molecule has 0 radical (unpaired) electrons. The molecule has 0 bridgehead atoms. The van der Waals surface area contributed by atoms with Crippen LogP contribution in [-0.4, -0.2) is 18.8 Å². The summed E-state index contributed by atoms with van der Waals surface area (Å²) in [6, 6.07) is 9.21. The number of rotatable bonds is 5. The van der Waals surface area contributed by atoms with E-state index in [9.17, 15) is 5.11 Å². The summed E-state index contributed by atoms with van der Waals surface area (Å²) in [5.41, 5.74) is 0.410. The number of nitriles is 1. The third-order valence-electron chi connectivity index (χ3n) is 3.29. The third-order valence-corrected chi connectivity index (χ3v) is 3.29. The van der Waals surface area contributed by atoms with Gasteiger partial charge in [-0.1, -0.05) is 19.1 Å². The molecule has 0 aliphatic rings. The largest absolute Gasteiger partial charge is 0.385 e. The highest BCUT2D eigenvalue weighted by molar-refractivity contribution is 5.35. The van der Waals surface area contributed by atoms with Gasteiger partial charge in [-0.3, -0.25) is 0 Å². The lowest BCUT2D eigenvalue weighted by Gasteiger charge is -2.31. The topological polar surface area (TPSA) is 53.2 Å². The second-order valence-electron chi connectivity index (χ2n) is 4.52. The van der Waals surface area contributed by atoms with Gasteiger partial charge in [0.15, 0.2) is 0 Å². The second-order valence-corrected chi connectivity index (χ2v) is 4.52. The van der Waals surface area contributed by atoms with Gasteiger partial charge in [-0.25, -0.2) is 0 Å². The molecule has 3 heteroatoms. The van der Waals surface area contributed by atoms with E-state index < -0.39 is 5.60 Å². The van der Waals surface area contributed by atoms with Gasteiger partial charge >= 0.3 is 0 Å². The highest BCUT2D eigenvalue weighted by Gasteiger charge is 2.30. The Morgan fingerprint density at radius 1 is 1.53 bits per heavy atom. The van der Waals surface area contributed by atoms with Crippen molar-refractivity contribution in [1.82, 2.24) is 0 Å². The summed E-state index contributed by atoms with van der Waals surface area (Å²) in [7, 11) is 1.65. The molecule has 92 valence electrons. The van der Waals surface area contributed by atoms with Crippen LogP contribution in [0.1, 0.15) is 31.4 Å². The Hall–Kier alpha value is -1.37. The number of aliphatic hydroxyl groups is 1. The molecule has 0 aromatic heterocycles. The summed E-state index contributed by atoms with van der Waals surface area (Å²) in [5.74, 6) is 0.0661. The predicted molar refractivity (Wildman–Crippen MR) is 66.4 cm³/mol. The molecular weight excluding hydrogens is 214 g/mol. The van der Waals surface area contributed by atoms with Gasteiger partial charge in [-0.15, -0.1) is 0 Å². The molecule has 2 atom stereocenters. The van der Waals surface area contributed by atoms with E-state index in [1.165, 1.54) is 0 Å². The van der Waals surface area contributed by atoms with Crippen LogP contribution < -0.4 is 0 Å². The Kier molecular flexibility index (Phi) is 4.68. The highest BCUT2D eigenvalue weighted by atomic mass is 16.5. The molecule has 1 N–H and O–H groups in total. The maximum absolute atomic E-state index is 10.5. The van der Waals surface area contributed by atoms with Crippen LogP contribution in [0.2, 0.25) is 0 Å². The molecule has 0 aliphatic carbocycles. The molecule has 1 aromatic carbocycles. The van der Waals surface area contributed by atoms with Crippen LogP contribution in [0.4, 0.5) is 0 Å². The van der Waals surface area contributed by atoms with Crippen molar-refractivity contribution in [3.8, 4) is 6.07 Å². The van der Waals surface area contributed by atoms with Crippen molar-refractivity contribution >= 4 is 0 Å². The Labute approximate surface area is 103 Å². The lowest BCUT2D eigenvalue weighted by Crippen LogP contribution is -2.30. The van der Waals surface area contributed by atoms with Crippen LogP contribution in [-0.2, 0) is 10.3 Å². The molecule has 0 aliphatic heterocycles. The van der Waals surface area contributed by atoms with Gasteiger partial charge in [0.25, 0.3) is 0 Å². The Bertz CT molecular complexity index is 407. The fourth-order valence-electron chi connectivity index (χ4n) is 1.76. The first-order chi connectivity index (χ1) is 8.02. The SMILES string of the molecule is COCCC(C)C(C)(O)c1cccc(C#N)c1. The molecule has 0 saturated carbocycles. The van der Waals surface area contributed by atoms with Gasteiger partial charge in [0, 0.05) is 13.7 Å². The molecule has 0 heterocycles. The quantitative estimate of drug-likeness (QED) is 0.849. The van der Waals surface area contributed by atoms with Gasteiger partial charge in [0.1, 0.15) is 0 Å². The summed E-state index contributed by atoms with van der Waals surface area (Å²) in [6.45, 7) is 4.39. The van der Waals surface area contributed by atoms with E-state index in [0.29, 0.717) is 12.2 Å². The fourth-order valence-corrected chi connectivity index (χ4v) is 1.76. The fraction of sp³-hybridized carbons (Fsp3) is 0.500. The maximum atomic E-state index is 10.5. The average molecular weight is 233 g/mol. The monoisotopic (exact) mass is 233 g/mol. The number of methoxy groups -OCH3 is 1. The maximum Gasteiger partial charge on any atom is 0.0991 e. The molecule has 0 spiro atoms. The van der Waals surface area contributed by atoms with Crippen LogP contribution in [0.25, 0.3) is 0 Å². The average Bonchev–Trinajstić information content (AvgIpc) is 2.35. The van der Waals surface area contributed by atoms with Crippen molar-refractivity contribution in [2.24, 2.45) is 5.92 Å². The van der Waals surface area contributed by atoms with Gasteiger partial charge in [-0.05, 0) is 37.0 Å². The lowest BCUT2D eigenvalue weighted by atomic mass is 9.82. The number of ether oxygens (including phenoxy) is 1. The van der Waals surface area contributed by atoms with Crippen molar-refractivity contribution in [2.75, 3.05) is 13.7 Å². The summed E-state index contributed by atoms with van der Waals surface area (Å²) in [5, 5.41) is 19.4. The van der Waals surface area contributed by atoms with E-state index in [0.717, 1.165) is 12.0 Å². The van der Waals surface area contributed by atoms with Gasteiger partial charge in [0.2, 0.25) is 0 Å². The minimum absolute atomic E-state index is 0.0661. The number of hydrogen-bond donors (Lipinski definition) is 1. The van der Waals surface area contributed by atoms with Crippen molar-refractivity contribution in [1.29, 1.82) is 5.26 Å². The molecule has 1 aromatic rings.